The van der Waals surface area contributed by atoms with Gasteiger partial charge in [0.05, 0.1) is 23.5 Å². The number of nitrogens with zero attached hydrogens (tertiary/aromatic N) is 1. The summed E-state index contributed by atoms with van der Waals surface area (Å²) in [5.41, 5.74) is 3.74. The Morgan fingerprint density at radius 3 is 2.79 bits per heavy atom. The molecular weight excluding hydrogens is 392 g/mol. The minimum Gasteiger partial charge on any atom is -0.374 e. The van der Waals surface area contributed by atoms with Crippen LogP contribution in [0.2, 0.25) is 5.02 Å². The summed E-state index contributed by atoms with van der Waals surface area (Å²) in [6, 6.07) is 13.8. The molecule has 0 aromatic heterocycles. The molecule has 2 aliphatic rings. The second-order valence-electron chi connectivity index (χ2n) is 7.24. The third-order valence-electron chi connectivity index (χ3n) is 5.37. The highest BCUT2D eigenvalue weighted by Gasteiger charge is 2.41. The van der Waals surface area contributed by atoms with Gasteiger partial charge >= 0.3 is 0 Å². The molecule has 5 nitrogen and oxygen atoms in total. The lowest BCUT2D eigenvalue weighted by molar-refractivity contribution is 0.149. The first-order chi connectivity index (χ1) is 13.6. The molecule has 0 radical (unpaired) electrons. The Kier molecular flexibility index (Phi) is 5.83. The SMILES string of the molecule is CNC(O)c1ccc2c(c1)NC(=NCc1cccc(Cl)c1)C1(CCSCC1)N2. The van der Waals surface area contributed by atoms with Gasteiger partial charge in [0.1, 0.15) is 12.1 Å². The molecule has 1 unspecified atom stereocenters. The Morgan fingerprint density at radius 2 is 2.04 bits per heavy atom. The normalized spacial score (nSPS) is 20.3. The fourth-order valence-electron chi connectivity index (χ4n) is 3.75. The van der Waals surface area contributed by atoms with E-state index in [1.165, 1.54) is 0 Å². The summed E-state index contributed by atoms with van der Waals surface area (Å²) in [6.45, 7) is 0.577. The van der Waals surface area contributed by atoms with Gasteiger partial charge in [-0.05, 0) is 66.8 Å². The van der Waals surface area contributed by atoms with Crippen molar-refractivity contribution in [1.82, 2.24) is 5.32 Å². The molecule has 7 heteroatoms. The molecule has 2 heterocycles. The number of rotatable bonds is 4. The van der Waals surface area contributed by atoms with E-state index >= 15 is 0 Å². The Balaban J connectivity index is 1.67. The number of aliphatic imine (C=N–C) groups is 1. The average Bonchev–Trinajstić information content (AvgIpc) is 2.72. The van der Waals surface area contributed by atoms with Crippen molar-refractivity contribution in [1.29, 1.82) is 0 Å². The Hall–Kier alpha value is -1.73. The van der Waals surface area contributed by atoms with Gasteiger partial charge < -0.3 is 15.7 Å². The van der Waals surface area contributed by atoms with Crippen molar-refractivity contribution in [2.24, 2.45) is 4.99 Å². The number of hydrogen-bond acceptors (Lipinski definition) is 5. The molecule has 2 aliphatic heterocycles. The smallest absolute Gasteiger partial charge is 0.130 e. The molecule has 2 aromatic rings. The quantitative estimate of drug-likeness (QED) is 0.561. The molecule has 1 fully saturated rings. The van der Waals surface area contributed by atoms with Crippen LogP contribution < -0.4 is 16.0 Å². The van der Waals surface area contributed by atoms with Crippen LogP contribution in [0.1, 0.15) is 30.2 Å². The van der Waals surface area contributed by atoms with E-state index in [2.05, 4.69) is 16.0 Å². The van der Waals surface area contributed by atoms with Crippen molar-refractivity contribution in [3.63, 3.8) is 0 Å². The van der Waals surface area contributed by atoms with Crippen LogP contribution in [0.3, 0.4) is 0 Å². The minimum atomic E-state index is -0.694. The number of nitrogens with one attached hydrogen (secondary N) is 3. The van der Waals surface area contributed by atoms with Crippen molar-refractivity contribution in [2.45, 2.75) is 31.2 Å². The van der Waals surface area contributed by atoms with Crippen LogP contribution in [0.15, 0.2) is 47.5 Å². The van der Waals surface area contributed by atoms with Gasteiger partial charge in [-0.25, -0.2) is 0 Å². The fourth-order valence-corrected chi connectivity index (χ4v) is 5.16. The lowest BCUT2D eigenvalue weighted by Crippen LogP contribution is -2.54. The number of aliphatic hydroxyl groups excluding tert-OH is 1. The van der Waals surface area contributed by atoms with Crippen LogP contribution in [0.5, 0.6) is 0 Å². The van der Waals surface area contributed by atoms with Gasteiger partial charge in [-0.2, -0.15) is 11.8 Å². The monoisotopic (exact) mass is 416 g/mol. The molecule has 1 spiro atoms. The summed E-state index contributed by atoms with van der Waals surface area (Å²) in [6.07, 6.45) is 1.36. The van der Waals surface area contributed by atoms with E-state index in [1.807, 2.05) is 54.2 Å². The van der Waals surface area contributed by atoms with E-state index in [1.54, 1.807) is 7.05 Å². The topological polar surface area (TPSA) is 68.7 Å². The molecule has 148 valence electrons. The van der Waals surface area contributed by atoms with E-state index in [0.717, 1.165) is 57.7 Å². The summed E-state index contributed by atoms with van der Waals surface area (Å²) in [7, 11) is 1.74. The maximum Gasteiger partial charge on any atom is 0.130 e. The largest absolute Gasteiger partial charge is 0.374 e. The number of amidine groups is 1. The van der Waals surface area contributed by atoms with Crippen LogP contribution in [0.4, 0.5) is 11.4 Å². The highest BCUT2D eigenvalue weighted by Crippen LogP contribution is 2.39. The first-order valence-corrected chi connectivity index (χ1v) is 11.0. The number of aliphatic hydroxyl groups is 1. The van der Waals surface area contributed by atoms with E-state index < -0.39 is 6.23 Å². The summed E-state index contributed by atoms with van der Waals surface area (Å²) in [5.74, 6) is 3.18. The first kappa shape index (κ1) is 19.6. The lowest BCUT2D eigenvalue weighted by Gasteiger charge is -2.44. The molecule has 1 saturated heterocycles. The number of halogens is 1. The van der Waals surface area contributed by atoms with E-state index in [4.69, 9.17) is 16.6 Å². The summed E-state index contributed by atoms with van der Waals surface area (Å²) >= 11 is 8.12. The van der Waals surface area contributed by atoms with Gasteiger partial charge in [-0.3, -0.25) is 10.3 Å². The molecule has 4 rings (SSSR count). The number of fused-ring (bicyclic) bond motifs is 1. The van der Waals surface area contributed by atoms with Gasteiger partial charge in [0.25, 0.3) is 0 Å². The van der Waals surface area contributed by atoms with Gasteiger partial charge in [-0.15, -0.1) is 0 Å². The number of benzene rings is 2. The average molecular weight is 417 g/mol. The van der Waals surface area contributed by atoms with Gasteiger partial charge in [0, 0.05) is 5.02 Å². The van der Waals surface area contributed by atoms with Crippen molar-refractivity contribution >= 4 is 40.6 Å². The summed E-state index contributed by atoms with van der Waals surface area (Å²) < 4.78 is 0. The molecule has 2 aromatic carbocycles. The van der Waals surface area contributed by atoms with Crippen molar-refractivity contribution < 1.29 is 5.11 Å². The Bertz CT molecular complexity index is 882. The van der Waals surface area contributed by atoms with Crippen LogP contribution in [0.25, 0.3) is 0 Å². The molecular formula is C21H25ClN4OS. The van der Waals surface area contributed by atoms with Gasteiger partial charge in [0.2, 0.25) is 0 Å². The summed E-state index contributed by atoms with van der Waals surface area (Å²) in [4.78, 5) is 4.96. The number of hydrogen-bond donors (Lipinski definition) is 4. The maximum atomic E-state index is 10.1. The zero-order chi connectivity index (χ0) is 19.6. The highest BCUT2D eigenvalue weighted by atomic mass is 35.5. The molecule has 4 N–H and O–H groups in total. The fraction of sp³-hybridized carbons (Fsp3) is 0.381. The third kappa shape index (κ3) is 4.01. The van der Waals surface area contributed by atoms with E-state index in [-0.39, 0.29) is 5.54 Å². The molecule has 0 amide bonds. The highest BCUT2D eigenvalue weighted by molar-refractivity contribution is 7.99. The van der Waals surface area contributed by atoms with Crippen molar-refractivity contribution in [2.75, 3.05) is 29.2 Å². The standard InChI is InChI=1S/C21H25ClN4OS/c1-23-19(27)15-5-6-17-18(12-15)25-20(21(26-17)7-9-28-10-8-21)24-13-14-3-2-4-16(22)11-14/h2-6,11-12,19,23,26-27H,7-10,13H2,1H3,(H,24,25). The minimum absolute atomic E-state index is 0.167. The van der Waals surface area contributed by atoms with Crippen LogP contribution >= 0.6 is 23.4 Å². The number of thioether (sulfide) groups is 1. The van der Waals surface area contributed by atoms with E-state index in [9.17, 15) is 5.11 Å². The van der Waals surface area contributed by atoms with Crippen LogP contribution in [0, 0.1) is 0 Å². The predicted molar refractivity (Wildman–Crippen MR) is 120 cm³/mol. The van der Waals surface area contributed by atoms with Crippen LogP contribution in [-0.2, 0) is 6.54 Å². The zero-order valence-electron chi connectivity index (χ0n) is 15.8. The molecule has 0 saturated carbocycles. The van der Waals surface area contributed by atoms with Crippen molar-refractivity contribution in [3.05, 3.63) is 58.6 Å². The molecule has 28 heavy (non-hydrogen) atoms. The lowest BCUT2D eigenvalue weighted by atomic mass is 9.87. The van der Waals surface area contributed by atoms with Gasteiger partial charge in [0.15, 0.2) is 0 Å². The Labute approximate surface area is 175 Å². The molecule has 0 bridgehead atoms. The molecule has 0 aliphatic carbocycles. The maximum absolute atomic E-state index is 10.1. The molecule has 1 atom stereocenters. The number of anilines is 2. The van der Waals surface area contributed by atoms with E-state index in [0.29, 0.717) is 6.54 Å². The van der Waals surface area contributed by atoms with Crippen molar-refractivity contribution in [3.8, 4) is 0 Å². The van der Waals surface area contributed by atoms with Gasteiger partial charge in [-0.1, -0.05) is 29.8 Å². The van der Waals surface area contributed by atoms with Crippen LogP contribution in [-0.4, -0.2) is 35.0 Å². The third-order valence-corrected chi connectivity index (χ3v) is 6.59. The second kappa shape index (κ2) is 8.33. The predicted octanol–water partition coefficient (Wildman–Crippen LogP) is 4.25. The first-order valence-electron chi connectivity index (χ1n) is 9.51. The zero-order valence-corrected chi connectivity index (χ0v) is 17.4. The summed E-state index contributed by atoms with van der Waals surface area (Å²) in [5, 5.41) is 21.0. The Morgan fingerprint density at radius 1 is 1.21 bits per heavy atom. The second-order valence-corrected chi connectivity index (χ2v) is 8.90.